The number of halogens is 3. The van der Waals surface area contributed by atoms with Gasteiger partial charge in [0.25, 0.3) is 0 Å². The number of aliphatic imine (C=N–C) groups is 1. The van der Waals surface area contributed by atoms with Crippen LogP contribution in [0, 0.1) is 5.82 Å². The average molecular weight is 446 g/mol. The molecule has 0 aliphatic rings. The van der Waals surface area contributed by atoms with Crippen molar-refractivity contribution in [3.8, 4) is 0 Å². The Morgan fingerprint density at radius 1 is 1.58 bits per heavy atom. The molecule has 0 aromatic heterocycles. The molecule has 1 rings (SSSR count). The molecular formula is C12H18BrFIN3O. The van der Waals surface area contributed by atoms with Gasteiger partial charge < -0.3 is 15.8 Å². The number of ether oxygens (including phenoxy) is 1. The molecule has 0 saturated carbocycles. The first-order chi connectivity index (χ1) is 8.52. The summed E-state index contributed by atoms with van der Waals surface area (Å²) in [5, 5.41) is 2.98. The molecule has 0 aliphatic carbocycles. The summed E-state index contributed by atoms with van der Waals surface area (Å²) in [4.78, 5) is 4.13. The largest absolute Gasteiger partial charge is 0.383 e. The first-order valence-electron chi connectivity index (χ1n) is 5.52. The fourth-order valence-corrected chi connectivity index (χ4v) is 1.65. The van der Waals surface area contributed by atoms with Crippen LogP contribution in [0.25, 0.3) is 0 Å². The molecule has 0 radical (unpaired) electrons. The summed E-state index contributed by atoms with van der Waals surface area (Å²) >= 11 is 3.10. The molecule has 0 spiro atoms. The molecule has 0 saturated heterocycles. The lowest BCUT2D eigenvalue weighted by atomic mass is 10.2. The number of hydrogen-bond donors (Lipinski definition) is 2. The normalized spacial score (nSPS) is 12.7. The zero-order chi connectivity index (χ0) is 13.5. The number of nitrogens with one attached hydrogen (secondary N) is 1. The van der Waals surface area contributed by atoms with Gasteiger partial charge in [0.1, 0.15) is 5.82 Å². The van der Waals surface area contributed by atoms with Crippen LogP contribution in [0.4, 0.5) is 4.39 Å². The number of rotatable bonds is 5. The summed E-state index contributed by atoms with van der Waals surface area (Å²) in [5.74, 6) is 0.0184. The summed E-state index contributed by atoms with van der Waals surface area (Å²) in [6.45, 7) is 2.82. The Labute approximate surface area is 138 Å². The van der Waals surface area contributed by atoms with E-state index in [-0.39, 0.29) is 35.8 Å². The molecule has 1 atom stereocenters. The summed E-state index contributed by atoms with van der Waals surface area (Å²) in [6, 6.07) is 4.96. The SMILES string of the molecule is COCC(C)NC(N)=NCc1ccc(Br)c(F)c1.I. The Hall–Kier alpha value is -0.410. The van der Waals surface area contributed by atoms with Gasteiger partial charge in [-0.3, -0.25) is 0 Å². The van der Waals surface area contributed by atoms with Gasteiger partial charge in [0, 0.05) is 13.2 Å². The molecule has 1 aromatic carbocycles. The van der Waals surface area contributed by atoms with Crippen molar-refractivity contribution in [3.05, 3.63) is 34.1 Å². The molecular weight excluding hydrogens is 428 g/mol. The van der Waals surface area contributed by atoms with Gasteiger partial charge in [0.2, 0.25) is 0 Å². The highest BCUT2D eigenvalue weighted by molar-refractivity contribution is 14.0. The Balaban J connectivity index is 0.00000324. The van der Waals surface area contributed by atoms with Crippen LogP contribution in [0.5, 0.6) is 0 Å². The van der Waals surface area contributed by atoms with Crippen LogP contribution < -0.4 is 11.1 Å². The third kappa shape index (κ3) is 7.07. The van der Waals surface area contributed by atoms with Crippen LogP contribution >= 0.6 is 39.9 Å². The smallest absolute Gasteiger partial charge is 0.189 e. The van der Waals surface area contributed by atoms with Gasteiger partial charge in [-0.05, 0) is 40.5 Å². The van der Waals surface area contributed by atoms with E-state index >= 15 is 0 Å². The number of hydrogen-bond acceptors (Lipinski definition) is 2. The molecule has 0 heterocycles. The maximum absolute atomic E-state index is 13.3. The summed E-state index contributed by atoms with van der Waals surface area (Å²) in [7, 11) is 1.62. The topological polar surface area (TPSA) is 59.6 Å². The zero-order valence-corrected chi connectivity index (χ0v) is 14.7. The average Bonchev–Trinajstić information content (AvgIpc) is 2.31. The maximum atomic E-state index is 13.3. The van der Waals surface area contributed by atoms with Gasteiger partial charge >= 0.3 is 0 Å². The summed E-state index contributed by atoms with van der Waals surface area (Å²) < 4.78 is 18.7. The third-order valence-corrected chi connectivity index (χ3v) is 2.87. The van der Waals surface area contributed by atoms with Crippen molar-refractivity contribution >= 4 is 45.9 Å². The van der Waals surface area contributed by atoms with Crippen molar-refractivity contribution in [1.29, 1.82) is 0 Å². The van der Waals surface area contributed by atoms with Crippen LogP contribution in [0.3, 0.4) is 0 Å². The first kappa shape index (κ1) is 18.6. The fraction of sp³-hybridized carbons (Fsp3) is 0.417. The zero-order valence-electron chi connectivity index (χ0n) is 10.8. The molecule has 0 aliphatic heterocycles. The van der Waals surface area contributed by atoms with E-state index in [0.29, 0.717) is 23.6 Å². The van der Waals surface area contributed by atoms with E-state index in [9.17, 15) is 4.39 Å². The Kier molecular flexibility index (Phi) is 9.28. The van der Waals surface area contributed by atoms with Gasteiger partial charge in [-0.1, -0.05) is 6.07 Å². The highest BCUT2D eigenvalue weighted by atomic mass is 127. The molecule has 0 amide bonds. The number of methoxy groups -OCH3 is 1. The number of nitrogens with two attached hydrogens (primary N) is 1. The lowest BCUT2D eigenvalue weighted by molar-refractivity contribution is 0.179. The predicted molar refractivity (Wildman–Crippen MR) is 89.3 cm³/mol. The Morgan fingerprint density at radius 2 is 2.26 bits per heavy atom. The summed E-state index contributed by atoms with van der Waals surface area (Å²) in [6.07, 6.45) is 0. The lowest BCUT2D eigenvalue weighted by Crippen LogP contribution is -2.40. The van der Waals surface area contributed by atoms with Crippen molar-refractivity contribution < 1.29 is 9.13 Å². The minimum atomic E-state index is -0.304. The van der Waals surface area contributed by atoms with Crippen molar-refractivity contribution in [3.63, 3.8) is 0 Å². The predicted octanol–water partition coefficient (Wildman–Crippen LogP) is 2.65. The molecule has 3 N–H and O–H groups in total. The Bertz CT molecular complexity index is 431. The van der Waals surface area contributed by atoms with Gasteiger partial charge in [-0.25, -0.2) is 9.38 Å². The van der Waals surface area contributed by atoms with E-state index in [0.717, 1.165) is 5.56 Å². The second-order valence-corrected chi connectivity index (χ2v) is 4.80. The molecule has 7 heteroatoms. The van der Waals surface area contributed by atoms with Gasteiger partial charge in [0.05, 0.1) is 17.6 Å². The Morgan fingerprint density at radius 3 is 2.84 bits per heavy atom. The number of benzene rings is 1. The molecule has 19 heavy (non-hydrogen) atoms. The monoisotopic (exact) mass is 445 g/mol. The highest BCUT2D eigenvalue weighted by Gasteiger charge is 2.03. The maximum Gasteiger partial charge on any atom is 0.189 e. The van der Waals surface area contributed by atoms with Crippen molar-refractivity contribution in [2.24, 2.45) is 10.7 Å². The minimum absolute atomic E-state index is 0. The molecule has 108 valence electrons. The van der Waals surface area contributed by atoms with Crippen LogP contribution in [-0.2, 0) is 11.3 Å². The van der Waals surface area contributed by atoms with Gasteiger partial charge in [-0.2, -0.15) is 0 Å². The van der Waals surface area contributed by atoms with Crippen LogP contribution in [-0.4, -0.2) is 25.7 Å². The third-order valence-electron chi connectivity index (χ3n) is 2.23. The van der Waals surface area contributed by atoms with Crippen LogP contribution in [0.2, 0.25) is 0 Å². The highest BCUT2D eigenvalue weighted by Crippen LogP contribution is 2.16. The quantitative estimate of drug-likeness (QED) is 0.416. The fourth-order valence-electron chi connectivity index (χ4n) is 1.40. The van der Waals surface area contributed by atoms with E-state index < -0.39 is 0 Å². The number of guanidine groups is 1. The standard InChI is InChI=1S/C12H17BrFN3O.HI/c1-8(7-18-2)17-12(15)16-6-9-3-4-10(13)11(14)5-9;/h3-5,8H,6-7H2,1-2H3,(H3,15,16,17);1H. The second-order valence-electron chi connectivity index (χ2n) is 3.95. The van der Waals surface area contributed by atoms with Crippen LogP contribution in [0.15, 0.2) is 27.7 Å². The molecule has 1 unspecified atom stereocenters. The van der Waals surface area contributed by atoms with Crippen molar-refractivity contribution in [1.82, 2.24) is 5.32 Å². The summed E-state index contributed by atoms with van der Waals surface area (Å²) in [5.41, 5.74) is 6.46. The van der Waals surface area contributed by atoms with Gasteiger partial charge in [0.15, 0.2) is 5.96 Å². The van der Waals surface area contributed by atoms with Crippen LogP contribution in [0.1, 0.15) is 12.5 Å². The molecule has 0 fully saturated rings. The number of nitrogens with zero attached hydrogens (tertiary/aromatic N) is 1. The first-order valence-corrected chi connectivity index (χ1v) is 6.31. The van der Waals surface area contributed by atoms with Crippen molar-refractivity contribution in [2.75, 3.05) is 13.7 Å². The van der Waals surface area contributed by atoms with E-state index in [4.69, 9.17) is 10.5 Å². The minimum Gasteiger partial charge on any atom is -0.383 e. The second kappa shape index (κ2) is 9.49. The van der Waals surface area contributed by atoms with E-state index in [1.54, 1.807) is 19.2 Å². The van der Waals surface area contributed by atoms with E-state index in [2.05, 4.69) is 26.2 Å². The van der Waals surface area contributed by atoms with E-state index in [1.165, 1.54) is 6.07 Å². The van der Waals surface area contributed by atoms with Gasteiger partial charge in [-0.15, -0.1) is 24.0 Å². The molecule has 0 bridgehead atoms. The lowest BCUT2D eigenvalue weighted by Gasteiger charge is -2.13. The molecule has 1 aromatic rings. The van der Waals surface area contributed by atoms with E-state index in [1.807, 2.05) is 6.92 Å². The molecule has 4 nitrogen and oxygen atoms in total. The van der Waals surface area contributed by atoms with Crippen molar-refractivity contribution in [2.45, 2.75) is 19.5 Å².